The van der Waals surface area contributed by atoms with E-state index in [0.717, 1.165) is 12.1 Å². The lowest BCUT2D eigenvalue weighted by molar-refractivity contribution is -0.113. The number of rotatable bonds is 4. The maximum atomic E-state index is 12.7. The first-order valence-electron chi connectivity index (χ1n) is 7.16. The van der Waals surface area contributed by atoms with Crippen molar-refractivity contribution in [2.24, 2.45) is 0 Å². The molecule has 1 aromatic carbocycles. The highest BCUT2D eigenvalue weighted by Gasteiger charge is 2.33. The van der Waals surface area contributed by atoms with E-state index in [2.05, 4.69) is 10.4 Å². The molecule has 1 aliphatic heterocycles. The highest BCUT2D eigenvalue weighted by atomic mass is 32.1. The number of amides is 1. The van der Waals surface area contributed by atoms with Gasteiger partial charge in [-0.3, -0.25) is 9.48 Å². The van der Waals surface area contributed by atoms with Gasteiger partial charge in [0.2, 0.25) is 0 Å². The van der Waals surface area contributed by atoms with Crippen LogP contribution < -0.4 is 15.0 Å². The second kappa shape index (κ2) is 6.21. The van der Waals surface area contributed by atoms with Crippen LogP contribution in [-0.4, -0.2) is 27.9 Å². The second-order valence-electron chi connectivity index (χ2n) is 4.93. The van der Waals surface area contributed by atoms with Gasteiger partial charge in [0, 0.05) is 18.3 Å². The van der Waals surface area contributed by atoms with Crippen LogP contribution in [0.1, 0.15) is 12.5 Å². The number of hydrogen-bond acceptors (Lipinski definition) is 4. The number of ether oxygens (including phenoxy) is 1. The second-order valence-corrected chi connectivity index (χ2v) is 5.32. The minimum absolute atomic E-state index is 0.219. The van der Waals surface area contributed by atoms with Crippen LogP contribution in [0.3, 0.4) is 0 Å². The number of benzene rings is 1. The van der Waals surface area contributed by atoms with E-state index in [1.54, 1.807) is 36.2 Å². The van der Waals surface area contributed by atoms with Crippen LogP contribution in [0, 0.1) is 0 Å². The van der Waals surface area contributed by atoms with Crippen LogP contribution in [0.5, 0.6) is 5.75 Å². The summed E-state index contributed by atoms with van der Waals surface area (Å²) in [5, 5.41) is 7.47. The van der Waals surface area contributed by atoms with Crippen molar-refractivity contribution in [2.45, 2.75) is 13.5 Å². The molecule has 0 atom stereocenters. The van der Waals surface area contributed by atoms with Crippen molar-refractivity contribution >= 4 is 35.0 Å². The molecule has 0 spiro atoms. The van der Waals surface area contributed by atoms with Gasteiger partial charge >= 0.3 is 0 Å². The number of nitrogens with zero attached hydrogens (tertiary/aromatic N) is 3. The standard InChI is InChI=1S/C16H16N4O2S/c1-3-19-10-11(9-17-19)8-12-15(21)20(16(23)18-12)13-6-4-5-7-14(13)22-2/h4-10H,3H2,1-2H3,(H,18,23)/b12-8+. The lowest BCUT2D eigenvalue weighted by Crippen LogP contribution is -2.30. The van der Waals surface area contributed by atoms with Gasteiger partial charge < -0.3 is 10.1 Å². The van der Waals surface area contributed by atoms with Gasteiger partial charge in [-0.05, 0) is 37.4 Å². The first kappa shape index (κ1) is 15.2. The number of carbonyl (C=O) groups excluding carboxylic acids is 1. The molecule has 1 fully saturated rings. The minimum atomic E-state index is -0.219. The molecule has 1 saturated heterocycles. The molecule has 0 saturated carbocycles. The highest BCUT2D eigenvalue weighted by Crippen LogP contribution is 2.31. The summed E-state index contributed by atoms with van der Waals surface area (Å²) in [5.41, 5.74) is 1.87. The van der Waals surface area contributed by atoms with Crippen molar-refractivity contribution in [1.29, 1.82) is 0 Å². The van der Waals surface area contributed by atoms with E-state index in [-0.39, 0.29) is 5.91 Å². The van der Waals surface area contributed by atoms with Crippen LogP contribution in [0.4, 0.5) is 5.69 Å². The summed E-state index contributed by atoms with van der Waals surface area (Å²) in [7, 11) is 1.56. The van der Waals surface area contributed by atoms with Gasteiger partial charge in [-0.25, -0.2) is 4.90 Å². The molecule has 0 aliphatic carbocycles. The number of aromatic nitrogens is 2. The fourth-order valence-electron chi connectivity index (χ4n) is 2.36. The molecule has 1 aliphatic rings. The summed E-state index contributed by atoms with van der Waals surface area (Å²) >= 11 is 5.31. The Bertz CT molecular complexity index is 797. The average Bonchev–Trinajstić information content (AvgIpc) is 3.12. The molecule has 1 amide bonds. The monoisotopic (exact) mass is 328 g/mol. The summed E-state index contributed by atoms with van der Waals surface area (Å²) < 4.78 is 7.11. The molecule has 0 bridgehead atoms. The Morgan fingerprint density at radius 3 is 2.87 bits per heavy atom. The van der Waals surface area contributed by atoms with E-state index in [4.69, 9.17) is 17.0 Å². The van der Waals surface area contributed by atoms with Crippen LogP contribution in [-0.2, 0) is 11.3 Å². The van der Waals surface area contributed by atoms with Crippen LogP contribution in [0.2, 0.25) is 0 Å². The van der Waals surface area contributed by atoms with Crippen molar-refractivity contribution in [1.82, 2.24) is 15.1 Å². The number of anilines is 1. The number of para-hydroxylation sites is 2. The number of carbonyl (C=O) groups is 1. The normalized spacial score (nSPS) is 16.1. The third-order valence-corrected chi connectivity index (χ3v) is 3.78. The Hall–Kier alpha value is -2.67. The van der Waals surface area contributed by atoms with Gasteiger partial charge in [0.05, 0.1) is 19.0 Å². The lowest BCUT2D eigenvalue weighted by Gasteiger charge is -2.17. The van der Waals surface area contributed by atoms with E-state index in [0.29, 0.717) is 22.2 Å². The Labute approximate surface area is 139 Å². The van der Waals surface area contributed by atoms with E-state index in [1.165, 1.54) is 4.90 Å². The van der Waals surface area contributed by atoms with Crippen LogP contribution in [0.25, 0.3) is 6.08 Å². The fourth-order valence-corrected chi connectivity index (χ4v) is 2.65. The van der Waals surface area contributed by atoms with Gasteiger partial charge in [0.1, 0.15) is 11.4 Å². The molecule has 23 heavy (non-hydrogen) atoms. The lowest BCUT2D eigenvalue weighted by atomic mass is 10.2. The number of aryl methyl sites for hydroxylation is 1. The topological polar surface area (TPSA) is 59.4 Å². The fraction of sp³-hybridized carbons (Fsp3) is 0.188. The van der Waals surface area contributed by atoms with E-state index in [1.807, 2.05) is 25.3 Å². The first-order chi connectivity index (χ1) is 11.1. The zero-order valence-electron chi connectivity index (χ0n) is 12.8. The number of nitrogens with one attached hydrogen (secondary N) is 1. The maximum absolute atomic E-state index is 12.7. The van der Waals surface area contributed by atoms with E-state index in [9.17, 15) is 4.79 Å². The summed E-state index contributed by atoms with van der Waals surface area (Å²) in [4.78, 5) is 14.1. The van der Waals surface area contributed by atoms with Crippen molar-refractivity contribution in [3.63, 3.8) is 0 Å². The number of thiocarbonyl (C=S) groups is 1. The number of hydrogen-bond donors (Lipinski definition) is 1. The summed E-state index contributed by atoms with van der Waals surface area (Å²) in [6.45, 7) is 2.78. The summed E-state index contributed by atoms with van der Waals surface area (Å²) in [6.07, 6.45) is 5.32. The quantitative estimate of drug-likeness (QED) is 0.688. The molecule has 1 aromatic heterocycles. The first-order valence-corrected chi connectivity index (χ1v) is 7.57. The van der Waals surface area contributed by atoms with E-state index >= 15 is 0 Å². The van der Waals surface area contributed by atoms with Crippen LogP contribution in [0.15, 0.2) is 42.4 Å². The third kappa shape index (κ3) is 2.83. The van der Waals surface area contributed by atoms with Crippen molar-refractivity contribution < 1.29 is 9.53 Å². The Morgan fingerprint density at radius 1 is 1.39 bits per heavy atom. The zero-order chi connectivity index (χ0) is 16.4. The smallest absolute Gasteiger partial charge is 0.281 e. The van der Waals surface area contributed by atoms with Gasteiger partial charge in [-0.2, -0.15) is 5.10 Å². The molecule has 2 heterocycles. The molecule has 6 nitrogen and oxygen atoms in total. The molecule has 0 radical (unpaired) electrons. The van der Waals surface area contributed by atoms with Crippen molar-refractivity contribution in [2.75, 3.05) is 12.0 Å². The predicted molar refractivity (Wildman–Crippen MR) is 92.1 cm³/mol. The molecule has 2 aromatic rings. The number of methoxy groups -OCH3 is 1. The highest BCUT2D eigenvalue weighted by molar-refractivity contribution is 7.80. The predicted octanol–water partition coefficient (Wildman–Crippen LogP) is 2.17. The maximum Gasteiger partial charge on any atom is 0.281 e. The third-order valence-electron chi connectivity index (χ3n) is 3.49. The molecular formula is C16H16N4O2S. The Balaban J connectivity index is 1.93. The van der Waals surface area contributed by atoms with Gasteiger partial charge in [0.15, 0.2) is 5.11 Å². The largest absolute Gasteiger partial charge is 0.495 e. The van der Waals surface area contributed by atoms with Gasteiger partial charge in [0.25, 0.3) is 5.91 Å². The van der Waals surface area contributed by atoms with E-state index < -0.39 is 0 Å². The van der Waals surface area contributed by atoms with Gasteiger partial charge in [-0.1, -0.05) is 12.1 Å². The molecular weight excluding hydrogens is 312 g/mol. The van der Waals surface area contributed by atoms with Gasteiger partial charge in [-0.15, -0.1) is 0 Å². The van der Waals surface area contributed by atoms with Crippen molar-refractivity contribution in [3.05, 3.63) is 47.9 Å². The Morgan fingerprint density at radius 2 is 2.17 bits per heavy atom. The van der Waals surface area contributed by atoms with Crippen molar-refractivity contribution in [3.8, 4) is 5.75 Å². The molecule has 118 valence electrons. The Kier molecular flexibility index (Phi) is 4.12. The molecule has 7 heteroatoms. The average molecular weight is 328 g/mol. The minimum Gasteiger partial charge on any atom is -0.495 e. The molecule has 0 unspecified atom stereocenters. The molecule has 3 rings (SSSR count). The summed E-state index contributed by atoms with van der Waals surface area (Å²) in [5.74, 6) is 0.369. The molecule has 1 N–H and O–H groups in total. The van der Waals surface area contributed by atoms with Crippen LogP contribution >= 0.6 is 12.2 Å². The summed E-state index contributed by atoms with van der Waals surface area (Å²) in [6, 6.07) is 7.26. The zero-order valence-corrected chi connectivity index (χ0v) is 13.6. The SMILES string of the molecule is CCn1cc(/C=C2/NC(=S)N(c3ccccc3OC)C2=O)cn1.